The van der Waals surface area contributed by atoms with Gasteiger partial charge in [-0.2, -0.15) is 13.9 Å². The largest absolute Gasteiger partial charge is 0.489 e. The number of nitrogens with one attached hydrogen (secondary N) is 1. The number of halogens is 3. The molecule has 1 aromatic carbocycles. The Balaban J connectivity index is 1.74. The van der Waals surface area contributed by atoms with E-state index >= 15 is 0 Å². The fraction of sp³-hybridized carbons (Fsp3) is 0.478. The molecule has 0 unspecified atom stereocenters. The highest BCUT2D eigenvalue weighted by molar-refractivity contribution is 6.76. The fourth-order valence-electron chi connectivity index (χ4n) is 3.57. The molecule has 7 nitrogen and oxygen atoms in total. The summed E-state index contributed by atoms with van der Waals surface area (Å²) in [5.41, 5.74) is 1.20. The molecule has 0 amide bonds. The van der Waals surface area contributed by atoms with Crippen LogP contribution in [0, 0.1) is 5.92 Å². The quantitative estimate of drug-likeness (QED) is 0.262. The Labute approximate surface area is 202 Å². The van der Waals surface area contributed by atoms with Crippen molar-refractivity contribution in [3.05, 3.63) is 39.8 Å². The van der Waals surface area contributed by atoms with Gasteiger partial charge in [0.25, 0.3) is 5.56 Å². The van der Waals surface area contributed by atoms with Crippen molar-refractivity contribution in [3.8, 4) is 22.8 Å². The number of benzene rings is 1. The van der Waals surface area contributed by atoms with E-state index in [2.05, 4.69) is 34.6 Å². The predicted molar refractivity (Wildman–Crippen MR) is 130 cm³/mol. The summed E-state index contributed by atoms with van der Waals surface area (Å²) in [6.07, 6.45) is 3.62. The van der Waals surface area contributed by atoms with E-state index in [4.69, 9.17) is 21.1 Å². The van der Waals surface area contributed by atoms with Crippen molar-refractivity contribution in [2.24, 2.45) is 5.92 Å². The van der Waals surface area contributed by atoms with E-state index in [1.54, 1.807) is 16.7 Å². The highest BCUT2D eigenvalue weighted by Gasteiger charge is 2.25. The summed E-state index contributed by atoms with van der Waals surface area (Å²) < 4.78 is 44.1. The highest BCUT2D eigenvalue weighted by atomic mass is 35.5. The maximum Gasteiger partial charge on any atom is 0.387 e. The van der Waals surface area contributed by atoms with Crippen LogP contribution < -0.4 is 15.0 Å². The van der Waals surface area contributed by atoms with Crippen molar-refractivity contribution in [2.45, 2.75) is 51.9 Å². The zero-order chi connectivity index (χ0) is 24.5. The summed E-state index contributed by atoms with van der Waals surface area (Å²) in [7, 11) is -1.29. The van der Waals surface area contributed by atoms with Crippen LogP contribution in [0.1, 0.15) is 12.8 Å². The maximum atomic E-state index is 12.9. The first-order valence-corrected chi connectivity index (χ1v) is 15.3. The highest BCUT2D eigenvalue weighted by Crippen LogP contribution is 2.41. The van der Waals surface area contributed by atoms with Crippen LogP contribution in [0.15, 0.2) is 29.2 Å². The van der Waals surface area contributed by atoms with E-state index in [1.807, 2.05) is 0 Å². The normalized spacial score (nSPS) is 14.2. The van der Waals surface area contributed by atoms with Gasteiger partial charge in [0.15, 0.2) is 11.5 Å². The molecule has 184 valence electrons. The van der Waals surface area contributed by atoms with E-state index in [0.29, 0.717) is 35.9 Å². The third kappa shape index (κ3) is 5.79. The van der Waals surface area contributed by atoms with Gasteiger partial charge in [0.05, 0.1) is 34.4 Å². The van der Waals surface area contributed by atoms with Crippen molar-refractivity contribution >= 4 is 30.6 Å². The molecule has 0 aliphatic heterocycles. The van der Waals surface area contributed by atoms with E-state index in [9.17, 15) is 13.6 Å². The summed E-state index contributed by atoms with van der Waals surface area (Å²) in [6.45, 7) is 4.96. The summed E-state index contributed by atoms with van der Waals surface area (Å²) in [5, 5.41) is 6.84. The van der Waals surface area contributed by atoms with Crippen molar-refractivity contribution in [1.29, 1.82) is 0 Å². The molecule has 0 spiro atoms. The lowest BCUT2D eigenvalue weighted by molar-refractivity contribution is -0.0515. The minimum Gasteiger partial charge on any atom is -0.489 e. The summed E-state index contributed by atoms with van der Waals surface area (Å²) >= 11 is 6.69. The number of alkyl halides is 2. The van der Waals surface area contributed by atoms with Crippen LogP contribution in [0.25, 0.3) is 22.2 Å². The van der Waals surface area contributed by atoms with Crippen LogP contribution in [-0.2, 0) is 11.5 Å². The lowest BCUT2D eigenvalue weighted by atomic mass is 10.1. The third-order valence-corrected chi connectivity index (χ3v) is 7.72. The van der Waals surface area contributed by atoms with Crippen LogP contribution in [0.3, 0.4) is 0 Å². The van der Waals surface area contributed by atoms with Crippen LogP contribution in [0.2, 0.25) is 30.7 Å². The molecule has 2 heterocycles. The van der Waals surface area contributed by atoms with Gasteiger partial charge in [-0.15, -0.1) is 0 Å². The van der Waals surface area contributed by atoms with Crippen molar-refractivity contribution in [2.75, 3.05) is 13.2 Å². The number of hydrogen-bond donors (Lipinski definition) is 1. The van der Waals surface area contributed by atoms with Gasteiger partial charge >= 0.3 is 6.61 Å². The number of hydrogen-bond acceptors (Lipinski definition) is 5. The van der Waals surface area contributed by atoms with Gasteiger partial charge in [-0.1, -0.05) is 31.2 Å². The molecule has 1 saturated carbocycles. The molecule has 0 bridgehead atoms. The summed E-state index contributed by atoms with van der Waals surface area (Å²) in [5.74, 6) is 0.566. The molecule has 0 saturated heterocycles. The zero-order valence-corrected chi connectivity index (χ0v) is 21.1. The standard InChI is InChI=1S/C23H28ClF2N3O4Si/c1-34(2,3)9-8-31-13-29-16-11-27-28-22(30)19(16)20(24)21(29)15-6-7-17(33-23(25)26)18(10-15)32-12-14-4-5-14/h6-7,10-11,14,23H,4-5,8-9,12-13H2,1-3H3,(H,28,30). The lowest BCUT2D eigenvalue weighted by Gasteiger charge is -2.18. The Morgan fingerprint density at radius 1 is 1.26 bits per heavy atom. The van der Waals surface area contributed by atoms with Gasteiger partial charge < -0.3 is 18.8 Å². The van der Waals surface area contributed by atoms with E-state index < -0.39 is 20.2 Å². The number of rotatable bonds is 11. The predicted octanol–water partition coefficient (Wildman–Crippen LogP) is 5.75. The molecule has 0 atom stereocenters. The molecular formula is C23H28ClF2N3O4Si. The molecule has 11 heteroatoms. The van der Waals surface area contributed by atoms with Crippen molar-refractivity contribution in [1.82, 2.24) is 14.8 Å². The monoisotopic (exact) mass is 511 g/mol. The Hall–Kier alpha value is -2.43. The van der Waals surface area contributed by atoms with Crippen LogP contribution in [0.4, 0.5) is 8.78 Å². The molecule has 0 radical (unpaired) electrons. The molecule has 1 aliphatic carbocycles. The average Bonchev–Trinajstić information content (AvgIpc) is 3.54. The van der Waals surface area contributed by atoms with Crippen LogP contribution in [0.5, 0.6) is 11.5 Å². The Morgan fingerprint density at radius 2 is 2.03 bits per heavy atom. The van der Waals surface area contributed by atoms with Crippen molar-refractivity contribution in [3.63, 3.8) is 0 Å². The van der Waals surface area contributed by atoms with E-state index in [-0.39, 0.29) is 28.6 Å². The second-order valence-corrected chi connectivity index (χ2v) is 15.7. The van der Waals surface area contributed by atoms with Gasteiger partial charge in [0.1, 0.15) is 6.73 Å². The lowest BCUT2D eigenvalue weighted by Crippen LogP contribution is -2.22. The number of fused-ring (bicyclic) bond motifs is 1. The van der Waals surface area contributed by atoms with Crippen LogP contribution in [-0.4, -0.2) is 42.7 Å². The molecular weight excluding hydrogens is 484 g/mol. The topological polar surface area (TPSA) is 78.4 Å². The molecule has 2 aromatic heterocycles. The van der Waals surface area contributed by atoms with E-state index in [0.717, 1.165) is 18.9 Å². The average molecular weight is 512 g/mol. The molecule has 1 N–H and O–H groups in total. The van der Waals surface area contributed by atoms with Crippen molar-refractivity contribution < 1.29 is 23.0 Å². The summed E-state index contributed by atoms with van der Waals surface area (Å²) in [4.78, 5) is 12.5. The van der Waals surface area contributed by atoms with Gasteiger partial charge in [0, 0.05) is 20.2 Å². The molecule has 4 rings (SSSR count). The fourth-order valence-corrected chi connectivity index (χ4v) is 4.72. The molecule has 3 aromatic rings. The zero-order valence-electron chi connectivity index (χ0n) is 19.4. The number of ether oxygens (including phenoxy) is 3. The first kappa shape index (κ1) is 24.7. The number of aromatic amines is 1. The SMILES string of the molecule is C[Si](C)(C)CCOCn1c(-c2ccc(OC(F)F)c(OCC3CC3)c2)c(Cl)c2c(=O)[nH]ncc21. The van der Waals surface area contributed by atoms with Gasteiger partial charge in [0.2, 0.25) is 0 Å². The second kappa shape index (κ2) is 10.0. The third-order valence-electron chi connectivity index (χ3n) is 5.65. The van der Waals surface area contributed by atoms with Gasteiger partial charge in [-0.25, -0.2) is 5.10 Å². The first-order valence-electron chi connectivity index (χ1n) is 11.2. The van der Waals surface area contributed by atoms with Crippen LogP contribution >= 0.6 is 11.6 Å². The Bertz CT molecular complexity index is 1220. The number of nitrogens with zero attached hydrogens (tertiary/aromatic N) is 2. The minimum absolute atomic E-state index is 0.0518. The minimum atomic E-state index is -2.98. The Kier molecular flexibility index (Phi) is 7.30. The smallest absolute Gasteiger partial charge is 0.387 e. The molecule has 1 aliphatic rings. The second-order valence-electron chi connectivity index (χ2n) is 9.69. The van der Waals surface area contributed by atoms with E-state index in [1.165, 1.54) is 12.3 Å². The van der Waals surface area contributed by atoms with Gasteiger partial charge in [-0.3, -0.25) is 4.79 Å². The molecule has 1 fully saturated rings. The number of aromatic nitrogens is 3. The maximum absolute atomic E-state index is 12.9. The Morgan fingerprint density at radius 3 is 2.71 bits per heavy atom. The van der Waals surface area contributed by atoms with Gasteiger partial charge in [-0.05, 0) is 43.0 Å². The number of H-pyrrole nitrogens is 1. The summed E-state index contributed by atoms with van der Waals surface area (Å²) in [6, 6.07) is 5.63. The molecule has 34 heavy (non-hydrogen) atoms. The first-order chi connectivity index (χ1) is 16.1.